The zero-order valence-electron chi connectivity index (χ0n) is 12.2. The first kappa shape index (κ1) is 13.7. The summed E-state index contributed by atoms with van der Waals surface area (Å²) in [5, 5.41) is 18.7. The van der Waals surface area contributed by atoms with Crippen molar-refractivity contribution < 1.29 is 5.11 Å². The number of nitrogens with zero attached hydrogens (tertiary/aromatic N) is 4. The summed E-state index contributed by atoms with van der Waals surface area (Å²) in [7, 11) is 0. The topological polar surface area (TPSA) is 53.7 Å². The van der Waals surface area contributed by atoms with E-state index in [2.05, 4.69) is 26.7 Å². The van der Waals surface area contributed by atoms with Crippen LogP contribution in [0.5, 0.6) is 0 Å². The van der Waals surface area contributed by atoms with Gasteiger partial charge in [-0.3, -0.25) is 0 Å². The minimum absolute atomic E-state index is 0.148. The average Bonchev–Trinajstić information content (AvgIpc) is 3.20. The summed E-state index contributed by atoms with van der Waals surface area (Å²) >= 11 is 1.69. The van der Waals surface area contributed by atoms with E-state index >= 15 is 0 Å². The maximum atomic E-state index is 9.78. The van der Waals surface area contributed by atoms with E-state index in [1.807, 2.05) is 22.8 Å². The van der Waals surface area contributed by atoms with Crippen molar-refractivity contribution in [1.82, 2.24) is 14.6 Å². The van der Waals surface area contributed by atoms with Gasteiger partial charge in [0.1, 0.15) is 0 Å². The highest BCUT2D eigenvalue weighted by Crippen LogP contribution is 2.34. The van der Waals surface area contributed by atoms with Crippen molar-refractivity contribution in [2.24, 2.45) is 0 Å². The van der Waals surface area contributed by atoms with Crippen LogP contribution >= 0.6 is 11.3 Å². The van der Waals surface area contributed by atoms with Gasteiger partial charge < -0.3 is 10.0 Å². The van der Waals surface area contributed by atoms with Crippen molar-refractivity contribution in [2.45, 2.75) is 37.8 Å². The van der Waals surface area contributed by atoms with Crippen molar-refractivity contribution in [3.63, 3.8) is 0 Å². The van der Waals surface area contributed by atoms with E-state index in [4.69, 9.17) is 5.10 Å². The molecule has 4 rings (SSSR count). The SMILES string of the molecule is OC1CCC(N(c2ccsc2)c2ccc3nccn3n2)CC1. The van der Waals surface area contributed by atoms with Gasteiger partial charge in [0.15, 0.2) is 11.5 Å². The van der Waals surface area contributed by atoms with Crippen LogP contribution in [-0.2, 0) is 0 Å². The molecule has 3 aromatic rings. The fraction of sp³-hybridized carbons (Fsp3) is 0.375. The Bertz CT molecular complexity index is 746. The van der Waals surface area contributed by atoms with Gasteiger partial charge in [0, 0.05) is 23.8 Å². The maximum absolute atomic E-state index is 9.78. The molecule has 3 aromatic heterocycles. The van der Waals surface area contributed by atoms with Crippen molar-refractivity contribution in [3.8, 4) is 0 Å². The van der Waals surface area contributed by atoms with Crippen LogP contribution in [0.15, 0.2) is 41.4 Å². The molecule has 114 valence electrons. The quantitative estimate of drug-likeness (QED) is 0.806. The molecule has 1 aliphatic carbocycles. The van der Waals surface area contributed by atoms with Crippen molar-refractivity contribution >= 4 is 28.5 Å². The number of aromatic nitrogens is 3. The standard InChI is InChI=1S/C16H18N4OS/c21-14-3-1-12(2-4-14)20(13-7-10-22-11-13)16-6-5-15-17-8-9-19(15)18-16/h5-12,14,21H,1-4H2. The van der Waals surface area contributed by atoms with Crippen LogP contribution in [0.4, 0.5) is 11.5 Å². The van der Waals surface area contributed by atoms with Crippen molar-refractivity contribution in [3.05, 3.63) is 41.4 Å². The zero-order valence-corrected chi connectivity index (χ0v) is 13.0. The number of imidazole rings is 1. The van der Waals surface area contributed by atoms with E-state index in [1.165, 1.54) is 5.69 Å². The minimum atomic E-state index is -0.148. The Kier molecular flexibility index (Phi) is 3.56. The number of anilines is 2. The molecule has 0 bridgehead atoms. The number of rotatable bonds is 3. The molecular weight excluding hydrogens is 296 g/mol. The first-order valence-corrected chi connectivity index (χ1v) is 8.55. The summed E-state index contributed by atoms with van der Waals surface area (Å²) in [4.78, 5) is 6.56. The summed E-state index contributed by atoms with van der Waals surface area (Å²) < 4.78 is 1.81. The normalized spacial score (nSPS) is 22.0. The average molecular weight is 314 g/mol. The van der Waals surface area contributed by atoms with Crippen LogP contribution in [0.3, 0.4) is 0 Å². The molecular formula is C16H18N4OS. The molecule has 0 unspecified atom stereocenters. The lowest BCUT2D eigenvalue weighted by molar-refractivity contribution is 0.123. The second-order valence-electron chi connectivity index (χ2n) is 5.74. The molecule has 1 fully saturated rings. The second kappa shape index (κ2) is 5.70. The summed E-state index contributed by atoms with van der Waals surface area (Å²) in [5.74, 6) is 0.935. The number of thiophene rings is 1. The van der Waals surface area contributed by atoms with Crippen molar-refractivity contribution in [2.75, 3.05) is 4.90 Å². The smallest absolute Gasteiger partial charge is 0.154 e. The Balaban J connectivity index is 1.73. The van der Waals surface area contributed by atoms with Crippen LogP contribution in [-0.4, -0.2) is 31.9 Å². The molecule has 0 atom stereocenters. The Hall–Kier alpha value is -1.92. The predicted molar refractivity (Wildman–Crippen MR) is 87.7 cm³/mol. The molecule has 5 nitrogen and oxygen atoms in total. The summed E-state index contributed by atoms with van der Waals surface area (Å²) in [5.41, 5.74) is 2.03. The third-order valence-electron chi connectivity index (χ3n) is 4.30. The van der Waals surface area contributed by atoms with Gasteiger partial charge in [-0.05, 0) is 49.3 Å². The van der Waals surface area contributed by atoms with Gasteiger partial charge in [-0.1, -0.05) is 0 Å². The van der Waals surface area contributed by atoms with E-state index in [9.17, 15) is 5.11 Å². The number of aliphatic hydroxyl groups is 1. The lowest BCUT2D eigenvalue weighted by atomic mass is 9.92. The first-order valence-electron chi connectivity index (χ1n) is 7.61. The third kappa shape index (κ3) is 2.48. The fourth-order valence-corrected chi connectivity index (χ4v) is 3.80. The summed E-state index contributed by atoms with van der Waals surface area (Å²) in [6.45, 7) is 0. The summed E-state index contributed by atoms with van der Waals surface area (Å²) in [6, 6.07) is 6.55. The van der Waals surface area contributed by atoms with Gasteiger partial charge in [0.2, 0.25) is 0 Å². The van der Waals surface area contributed by atoms with Gasteiger partial charge in [0.25, 0.3) is 0 Å². The molecule has 0 aromatic carbocycles. The molecule has 6 heteroatoms. The Morgan fingerprint density at radius 3 is 2.82 bits per heavy atom. The van der Waals surface area contributed by atoms with Gasteiger partial charge in [-0.2, -0.15) is 11.3 Å². The molecule has 0 radical (unpaired) electrons. The lowest BCUT2D eigenvalue weighted by Gasteiger charge is -2.35. The Morgan fingerprint density at radius 2 is 2.05 bits per heavy atom. The van der Waals surface area contributed by atoms with Gasteiger partial charge in [-0.15, -0.1) is 5.10 Å². The second-order valence-corrected chi connectivity index (χ2v) is 6.52. The molecule has 3 heterocycles. The largest absolute Gasteiger partial charge is 0.393 e. The minimum Gasteiger partial charge on any atom is -0.393 e. The summed E-state index contributed by atoms with van der Waals surface area (Å²) in [6.07, 6.45) is 7.18. The Morgan fingerprint density at radius 1 is 1.18 bits per heavy atom. The van der Waals surface area contributed by atoms with E-state index in [1.54, 1.807) is 17.5 Å². The number of hydrogen-bond acceptors (Lipinski definition) is 5. The highest BCUT2D eigenvalue weighted by Gasteiger charge is 2.27. The van der Waals surface area contributed by atoms with Crippen LogP contribution in [0.1, 0.15) is 25.7 Å². The number of fused-ring (bicyclic) bond motifs is 1. The molecule has 1 N–H and O–H groups in total. The number of aliphatic hydroxyl groups excluding tert-OH is 1. The van der Waals surface area contributed by atoms with Crippen molar-refractivity contribution in [1.29, 1.82) is 0 Å². The molecule has 0 amide bonds. The number of hydrogen-bond donors (Lipinski definition) is 1. The van der Waals surface area contributed by atoms with E-state index < -0.39 is 0 Å². The van der Waals surface area contributed by atoms with E-state index in [0.29, 0.717) is 6.04 Å². The predicted octanol–water partition coefficient (Wildman–Crippen LogP) is 3.23. The Labute approximate surface area is 132 Å². The molecule has 0 spiro atoms. The van der Waals surface area contributed by atoms with E-state index in [0.717, 1.165) is 37.1 Å². The highest BCUT2D eigenvalue weighted by molar-refractivity contribution is 7.08. The highest BCUT2D eigenvalue weighted by atomic mass is 32.1. The monoisotopic (exact) mass is 314 g/mol. The fourth-order valence-electron chi connectivity index (χ4n) is 3.17. The molecule has 0 saturated heterocycles. The molecule has 1 aliphatic rings. The van der Waals surface area contributed by atoms with E-state index in [-0.39, 0.29) is 6.10 Å². The maximum Gasteiger partial charge on any atom is 0.154 e. The molecule has 22 heavy (non-hydrogen) atoms. The van der Waals surface area contributed by atoms with Crippen LogP contribution in [0.25, 0.3) is 5.65 Å². The van der Waals surface area contributed by atoms with Gasteiger partial charge in [0.05, 0.1) is 11.8 Å². The molecule has 0 aliphatic heterocycles. The third-order valence-corrected chi connectivity index (χ3v) is 4.97. The van der Waals surface area contributed by atoms with Crippen LogP contribution < -0.4 is 4.90 Å². The molecule has 1 saturated carbocycles. The van der Waals surface area contributed by atoms with Gasteiger partial charge in [-0.25, -0.2) is 9.50 Å². The van der Waals surface area contributed by atoms with Crippen LogP contribution in [0.2, 0.25) is 0 Å². The van der Waals surface area contributed by atoms with Crippen LogP contribution in [0, 0.1) is 0 Å². The zero-order chi connectivity index (χ0) is 14.9. The van der Waals surface area contributed by atoms with Gasteiger partial charge >= 0.3 is 0 Å². The first-order chi connectivity index (χ1) is 10.8. The lowest BCUT2D eigenvalue weighted by Crippen LogP contribution is -2.36.